The van der Waals surface area contributed by atoms with Gasteiger partial charge < -0.3 is 72.6 Å². The van der Waals surface area contributed by atoms with Gasteiger partial charge in [0.2, 0.25) is 76.8 Å². The molecule has 2 aromatic rings. The van der Waals surface area contributed by atoms with Gasteiger partial charge in [-0.05, 0) is 100 Å². The lowest BCUT2D eigenvalue weighted by Gasteiger charge is -2.36. The van der Waals surface area contributed by atoms with Crippen LogP contribution in [-0.2, 0) is 75.2 Å². The van der Waals surface area contributed by atoms with Gasteiger partial charge >= 0.3 is 0 Å². The number of nitrogens with one attached hydrogen (secondary N) is 9. The van der Waals surface area contributed by atoms with Crippen LogP contribution in [0.4, 0.5) is 0 Å². The molecule has 2 fully saturated rings. The van der Waals surface area contributed by atoms with Gasteiger partial charge in [0.1, 0.15) is 66.5 Å². The Hall–Kier alpha value is -8.49. The number of aliphatic hydroxyl groups excluding tert-OH is 1. The van der Waals surface area contributed by atoms with Gasteiger partial charge in [-0.15, -0.1) is 0 Å². The van der Waals surface area contributed by atoms with Gasteiger partial charge in [-0.2, -0.15) is 0 Å². The van der Waals surface area contributed by atoms with Crippen molar-refractivity contribution in [2.75, 3.05) is 40.8 Å². The van der Waals surface area contributed by atoms with Gasteiger partial charge in [-0.1, -0.05) is 136 Å². The number of aliphatic hydroxyl groups is 1. The van der Waals surface area contributed by atoms with E-state index < -0.39 is 174 Å². The van der Waals surface area contributed by atoms with E-state index in [4.69, 9.17) is 0 Å². The average molecular weight is 1370 g/mol. The minimum absolute atomic E-state index is 0.0712. The van der Waals surface area contributed by atoms with Gasteiger partial charge in [0.25, 0.3) is 0 Å². The number of amides is 13. The molecule has 2 aromatic carbocycles. The minimum Gasteiger partial charge on any atom is -0.391 e. The molecule has 27 nitrogen and oxygen atoms in total. The molecule has 13 atom stereocenters. The summed E-state index contributed by atoms with van der Waals surface area (Å²) >= 11 is 0. The highest BCUT2D eigenvalue weighted by Crippen LogP contribution is 2.21. The fourth-order valence-corrected chi connectivity index (χ4v) is 12.1. The van der Waals surface area contributed by atoms with Gasteiger partial charge in [-0.25, -0.2) is 0 Å². The zero-order valence-corrected chi connectivity index (χ0v) is 60.3. The average Bonchev–Trinajstić information content (AvgIpc) is 0.842. The lowest BCUT2D eigenvalue weighted by Crippen LogP contribution is -2.61. The van der Waals surface area contributed by atoms with Crippen molar-refractivity contribution in [2.24, 2.45) is 29.6 Å². The van der Waals surface area contributed by atoms with Crippen molar-refractivity contribution in [1.82, 2.24) is 67.5 Å². The molecule has 0 unspecified atom stereocenters. The summed E-state index contributed by atoms with van der Waals surface area (Å²) in [6.45, 7) is 21.9. The molecule has 0 bridgehead atoms. The van der Waals surface area contributed by atoms with Crippen molar-refractivity contribution in [1.29, 1.82) is 0 Å². The van der Waals surface area contributed by atoms with E-state index in [0.29, 0.717) is 43.5 Å². The van der Waals surface area contributed by atoms with Crippen molar-refractivity contribution in [2.45, 2.75) is 227 Å². The van der Waals surface area contributed by atoms with E-state index in [0.717, 1.165) is 16.2 Å². The normalized spacial score (nSPS) is 26.3. The van der Waals surface area contributed by atoms with Crippen molar-refractivity contribution in [3.8, 4) is 0 Å². The highest BCUT2D eigenvalue weighted by atomic mass is 16.3. The monoisotopic (exact) mass is 1370 g/mol. The van der Waals surface area contributed by atoms with E-state index in [1.165, 1.54) is 46.8 Å². The SMILES string of the molecule is CC[C@H](C)[C@H]1C(=O)N[C@@H](CC(C)C)C(=O)N(C)CC(=O)N[C@@H]([C@@H](C)O)C(=O)N[C@@H](Cc2ccccc2)C(=O)N[C@@H](C)C(=O)N(C)[C@@H](CC(C)C)C(=O)N[C@@H](Cc2ccccc2)C(=O)N[C@@H](C(C)C)C(=O)N[C@H](C(=O)N2CCCCC2)CC(=O)N[C@@H](C)C(=O)N[C@@H](CC(C)C)C(=O)N1C. The molecule has 2 saturated heterocycles. The molecule has 2 aliphatic rings. The number of piperidine rings is 1. The molecule has 4 rings (SSSR count). The standard InChI is InChI=1S/C71H111N13O14/c1-17-44(10)60-67(94)78-52(33-40(2)3)69(96)81(14)39-57(87)79-59(47(13)85)66(93)75-50(36-48-27-21-18-22-28-48)62(89)73-46(12)68(95)82(15)55(35-42(6)7)64(91)74-51(37-49-29-23-19-24-30-49)63(90)80-58(43(8)9)65(92)77-54(71(98)84-31-25-20-26-32-84)38-56(86)72-45(11)61(88)76-53(34-41(4)5)70(97)83(60)16/h18-19,21-24,27-30,40-47,50-55,58-60,85H,17,20,25-26,31-39H2,1-16H3,(H,72,86)(H,73,89)(H,74,91)(H,75,93)(H,76,88)(H,77,92)(H,78,94)(H,79,87)(H,80,90)/t44-,45-,46-,47+,50-,51-,52-,53-,54-,55-,58-,59-,60-/m0/s1. The van der Waals surface area contributed by atoms with Crippen LogP contribution in [0.1, 0.15) is 153 Å². The number of rotatable bonds is 15. The first-order valence-electron chi connectivity index (χ1n) is 34.6. The molecule has 544 valence electrons. The lowest BCUT2D eigenvalue weighted by atomic mass is 9.94. The molecule has 2 aliphatic heterocycles. The van der Waals surface area contributed by atoms with Gasteiger partial charge in [0.15, 0.2) is 0 Å². The Bertz CT molecular complexity index is 3050. The molecule has 13 amide bonds. The maximum atomic E-state index is 14.8. The van der Waals surface area contributed by atoms with Crippen LogP contribution >= 0.6 is 0 Å². The van der Waals surface area contributed by atoms with Gasteiger partial charge in [-0.3, -0.25) is 62.3 Å². The van der Waals surface area contributed by atoms with Gasteiger partial charge in [0.05, 0.1) is 19.1 Å². The molecule has 2 heterocycles. The van der Waals surface area contributed by atoms with Crippen molar-refractivity contribution in [3.63, 3.8) is 0 Å². The van der Waals surface area contributed by atoms with E-state index in [2.05, 4.69) is 47.9 Å². The molecule has 0 saturated carbocycles. The predicted octanol–water partition coefficient (Wildman–Crippen LogP) is 1.62. The zero-order chi connectivity index (χ0) is 73.4. The summed E-state index contributed by atoms with van der Waals surface area (Å²) < 4.78 is 0. The molecule has 0 aliphatic carbocycles. The maximum absolute atomic E-state index is 14.8. The first-order chi connectivity index (χ1) is 46.0. The number of likely N-dealkylation sites (tertiary alicyclic amines) is 1. The second kappa shape index (κ2) is 39.2. The Morgan fingerprint density at radius 3 is 1.46 bits per heavy atom. The van der Waals surface area contributed by atoms with Crippen molar-refractivity contribution < 1.29 is 67.4 Å². The second-order valence-corrected chi connectivity index (χ2v) is 28.1. The Kier molecular flexibility index (Phi) is 32.8. The third-order valence-corrected chi connectivity index (χ3v) is 17.8. The number of likely N-dealkylation sites (N-methyl/N-ethyl adjacent to an activating group) is 3. The summed E-state index contributed by atoms with van der Waals surface area (Å²) in [5.41, 5.74) is 1.20. The Labute approximate surface area is 578 Å². The number of nitrogens with zero attached hydrogens (tertiary/aromatic N) is 4. The second-order valence-electron chi connectivity index (χ2n) is 28.1. The number of benzene rings is 2. The maximum Gasteiger partial charge on any atom is 0.245 e. The van der Waals surface area contributed by atoms with Crippen molar-refractivity contribution in [3.05, 3.63) is 71.8 Å². The van der Waals surface area contributed by atoms with Crippen LogP contribution in [0.5, 0.6) is 0 Å². The Morgan fingerprint density at radius 1 is 0.480 bits per heavy atom. The molecule has 0 spiro atoms. The summed E-state index contributed by atoms with van der Waals surface area (Å²) in [5.74, 6) is -11.9. The fraction of sp³-hybridized carbons (Fsp3) is 0.648. The van der Waals surface area contributed by atoms with E-state index in [1.54, 1.807) is 86.3 Å². The summed E-state index contributed by atoms with van der Waals surface area (Å²) in [5, 5.41) is 35.4. The number of hydrogen-bond donors (Lipinski definition) is 10. The first kappa shape index (κ1) is 81.9. The van der Waals surface area contributed by atoms with Crippen LogP contribution in [0.25, 0.3) is 0 Å². The molecular formula is C71H111N13O14. The smallest absolute Gasteiger partial charge is 0.245 e. The summed E-state index contributed by atoms with van der Waals surface area (Å²) in [6.07, 6.45) is 0.384. The highest BCUT2D eigenvalue weighted by Gasteiger charge is 2.41. The number of hydrogen-bond acceptors (Lipinski definition) is 14. The molecule has 27 heteroatoms. The molecule has 10 N–H and O–H groups in total. The highest BCUT2D eigenvalue weighted by molar-refractivity contribution is 6.00. The Morgan fingerprint density at radius 2 is 0.959 bits per heavy atom. The topological polar surface area (TPSA) is 363 Å². The van der Waals surface area contributed by atoms with Crippen molar-refractivity contribution >= 4 is 76.8 Å². The van der Waals surface area contributed by atoms with E-state index in [9.17, 15) is 67.4 Å². The van der Waals surface area contributed by atoms with E-state index in [1.807, 2.05) is 48.5 Å². The molecular weight excluding hydrogens is 1260 g/mol. The Balaban J connectivity index is 1.86. The molecule has 0 aromatic heterocycles. The summed E-state index contributed by atoms with van der Waals surface area (Å²) in [6, 6.07) is 2.34. The third kappa shape index (κ3) is 25.1. The van der Waals surface area contributed by atoms with Gasteiger partial charge in [0, 0.05) is 47.1 Å². The number of carbonyl (C=O) groups excluding carboxylic acids is 13. The van der Waals surface area contributed by atoms with Crippen LogP contribution in [0.2, 0.25) is 0 Å². The largest absolute Gasteiger partial charge is 0.391 e. The zero-order valence-electron chi connectivity index (χ0n) is 60.3. The molecule has 0 radical (unpaired) electrons. The van der Waals surface area contributed by atoms with Crippen LogP contribution in [-0.4, -0.2) is 215 Å². The minimum atomic E-state index is -1.70. The van der Waals surface area contributed by atoms with E-state index >= 15 is 0 Å². The first-order valence-corrected chi connectivity index (χ1v) is 34.6. The quantitative estimate of drug-likeness (QED) is 0.121. The van der Waals surface area contributed by atoms with Crippen LogP contribution in [0.15, 0.2) is 60.7 Å². The van der Waals surface area contributed by atoms with Crippen LogP contribution in [0.3, 0.4) is 0 Å². The third-order valence-electron chi connectivity index (χ3n) is 17.8. The van der Waals surface area contributed by atoms with Crippen LogP contribution in [0, 0.1) is 29.6 Å². The summed E-state index contributed by atoms with van der Waals surface area (Å²) in [4.78, 5) is 193. The summed E-state index contributed by atoms with van der Waals surface area (Å²) in [7, 11) is 4.10. The fourth-order valence-electron chi connectivity index (χ4n) is 12.1. The van der Waals surface area contributed by atoms with Crippen LogP contribution < -0.4 is 47.9 Å². The number of carbonyl (C=O) groups is 13. The molecule has 98 heavy (non-hydrogen) atoms. The van der Waals surface area contributed by atoms with E-state index in [-0.39, 0.29) is 49.9 Å². The lowest BCUT2D eigenvalue weighted by molar-refractivity contribution is -0.146. The predicted molar refractivity (Wildman–Crippen MR) is 369 cm³/mol.